The predicted molar refractivity (Wildman–Crippen MR) is 59.2 cm³/mol. The zero-order chi connectivity index (χ0) is 11.4. The maximum Gasteiger partial charge on any atom is 0.236 e. The fourth-order valence-corrected chi connectivity index (χ4v) is 2.14. The van der Waals surface area contributed by atoms with Gasteiger partial charge in [-0.3, -0.25) is 4.79 Å². The van der Waals surface area contributed by atoms with Crippen LogP contribution in [0.2, 0.25) is 0 Å². The first-order valence-electron chi connectivity index (χ1n) is 5.98. The number of morpholine rings is 1. The van der Waals surface area contributed by atoms with Crippen molar-refractivity contribution in [2.75, 3.05) is 39.5 Å². The van der Waals surface area contributed by atoms with E-state index >= 15 is 0 Å². The molecule has 0 saturated carbocycles. The van der Waals surface area contributed by atoms with Gasteiger partial charge in [0.15, 0.2) is 0 Å². The third-order valence-corrected chi connectivity index (χ3v) is 3.26. The third kappa shape index (κ3) is 2.93. The van der Waals surface area contributed by atoms with Crippen molar-refractivity contribution >= 4 is 5.91 Å². The number of nitrogens with zero attached hydrogens (tertiary/aromatic N) is 1. The number of hydrogen-bond donors (Lipinski definition) is 1. The van der Waals surface area contributed by atoms with Gasteiger partial charge in [-0.05, 0) is 13.3 Å². The average Bonchev–Trinajstić information content (AvgIpc) is 2.73. The summed E-state index contributed by atoms with van der Waals surface area (Å²) in [6.45, 7) is 6.02. The second kappa shape index (κ2) is 5.61. The summed E-state index contributed by atoms with van der Waals surface area (Å²) in [6.07, 6.45) is 1.22. The first kappa shape index (κ1) is 11.8. The van der Waals surface area contributed by atoms with E-state index in [0.717, 1.165) is 26.1 Å². The molecular weight excluding hydrogens is 208 g/mol. The Morgan fingerprint density at radius 1 is 1.38 bits per heavy atom. The van der Waals surface area contributed by atoms with E-state index in [1.54, 1.807) is 0 Å². The van der Waals surface area contributed by atoms with Gasteiger partial charge in [-0.15, -0.1) is 0 Å². The second-order valence-corrected chi connectivity index (χ2v) is 4.35. The highest BCUT2D eigenvalue weighted by Crippen LogP contribution is 2.12. The summed E-state index contributed by atoms with van der Waals surface area (Å²) < 4.78 is 10.6. The van der Waals surface area contributed by atoms with Crippen LogP contribution in [0.15, 0.2) is 0 Å². The highest BCUT2D eigenvalue weighted by molar-refractivity contribution is 5.78. The van der Waals surface area contributed by atoms with Crippen molar-refractivity contribution < 1.29 is 14.3 Å². The topological polar surface area (TPSA) is 50.8 Å². The van der Waals surface area contributed by atoms with E-state index in [0.29, 0.717) is 25.8 Å². The largest absolute Gasteiger partial charge is 0.378 e. The standard InChI is InChI=1S/C11H20N2O3/c1-9-10(2-5-16-9)12-8-11(14)13-3-6-15-7-4-13/h9-10,12H,2-8H2,1H3. The van der Waals surface area contributed by atoms with Gasteiger partial charge in [0.1, 0.15) is 0 Å². The van der Waals surface area contributed by atoms with Crippen molar-refractivity contribution in [1.82, 2.24) is 10.2 Å². The highest BCUT2D eigenvalue weighted by atomic mass is 16.5. The molecule has 1 N–H and O–H groups in total. The summed E-state index contributed by atoms with van der Waals surface area (Å²) in [5, 5.41) is 3.27. The molecule has 2 aliphatic heterocycles. The molecule has 5 nitrogen and oxygen atoms in total. The molecule has 2 atom stereocenters. The van der Waals surface area contributed by atoms with Crippen LogP contribution < -0.4 is 5.32 Å². The van der Waals surface area contributed by atoms with Gasteiger partial charge in [0.05, 0.1) is 25.9 Å². The van der Waals surface area contributed by atoms with E-state index in [1.807, 2.05) is 11.8 Å². The smallest absolute Gasteiger partial charge is 0.236 e. The van der Waals surface area contributed by atoms with E-state index in [2.05, 4.69) is 5.32 Å². The number of amides is 1. The molecule has 2 saturated heterocycles. The van der Waals surface area contributed by atoms with Gasteiger partial charge in [0.2, 0.25) is 5.91 Å². The Labute approximate surface area is 96.1 Å². The van der Waals surface area contributed by atoms with Crippen molar-refractivity contribution in [2.24, 2.45) is 0 Å². The van der Waals surface area contributed by atoms with Crippen LogP contribution in [0.3, 0.4) is 0 Å². The molecule has 0 radical (unpaired) electrons. The zero-order valence-corrected chi connectivity index (χ0v) is 9.78. The maximum absolute atomic E-state index is 11.8. The Kier molecular flexibility index (Phi) is 4.15. The van der Waals surface area contributed by atoms with Gasteiger partial charge >= 0.3 is 0 Å². The van der Waals surface area contributed by atoms with Crippen LogP contribution in [0.1, 0.15) is 13.3 Å². The lowest BCUT2D eigenvalue weighted by Gasteiger charge is -2.27. The minimum atomic E-state index is 0.169. The van der Waals surface area contributed by atoms with Crippen LogP contribution in [0.4, 0.5) is 0 Å². The molecule has 0 bridgehead atoms. The second-order valence-electron chi connectivity index (χ2n) is 4.35. The minimum absolute atomic E-state index is 0.169. The lowest BCUT2D eigenvalue weighted by Crippen LogP contribution is -2.47. The van der Waals surface area contributed by atoms with Crippen molar-refractivity contribution in [1.29, 1.82) is 0 Å². The Bertz CT molecular complexity index is 241. The average molecular weight is 228 g/mol. The monoisotopic (exact) mass is 228 g/mol. The van der Waals surface area contributed by atoms with Crippen LogP contribution in [0, 0.1) is 0 Å². The van der Waals surface area contributed by atoms with Gasteiger partial charge in [-0.25, -0.2) is 0 Å². The van der Waals surface area contributed by atoms with E-state index in [-0.39, 0.29) is 12.0 Å². The van der Waals surface area contributed by atoms with Gasteiger partial charge in [-0.1, -0.05) is 0 Å². The summed E-state index contributed by atoms with van der Waals surface area (Å²) in [5.74, 6) is 0.169. The molecule has 92 valence electrons. The third-order valence-electron chi connectivity index (χ3n) is 3.26. The van der Waals surface area contributed by atoms with Gasteiger partial charge < -0.3 is 19.7 Å². The number of hydrogen-bond acceptors (Lipinski definition) is 4. The van der Waals surface area contributed by atoms with Crippen LogP contribution in [0.5, 0.6) is 0 Å². The van der Waals surface area contributed by atoms with Crippen LogP contribution in [0.25, 0.3) is 0 Å². The van der Waals surface area contributed by atoms with E-state index in [9.17, 15) is 4.79 Å². The number of ether oxygens (including phenoxy) is 2. The molecule has 0 aromatic rings. The fourth-order valence-electron chi connectivity index (χ4n) is 2.14. The summed E-state index contributed by atoms with van der Waals surface area (Å²) in [7, 11) is 0. The molecule has 2 heterocycles. The van der Waals surface area contributed by atoms with Crippen molar-refractivity contribution in [3.05, 3.63) is 0 Å². The summed E-state index contributed by atoms with van der Waals surface area (Å²) in [4.78, 5) is 13.7. The Morgan fingerprint density at radius 2 is 2.12 bits per heavy atom. The van der Waals surface area contributed by atoms with Crippen LogP contribution in [-0.2, 0) is 14.3 Å². The predicted octanol–water partition coefficient (Wildman–Crippen LogP) is -0.388. The van der Waals surface area contributed by atoms with Gasteiger partial charge in [-0.2, -0.15) is 0 Å². The van der Waals surface area contributed by atoms with E-state index in [4.69, 9.17) is 9.47 Å². The van der Waals surface area contributed by atoms with E-state index < -0.39 is 0 Å². The van der Waals surface area contributed by atoms with Crippen molar-refractivity contribution in [3.63, 3.8) is 0 Å². The first-order chi connectivity index (χ1) is 7.77. The number of nitrogens with one attached hydrogen (secondary N) is 1. The SMILES string of the molecule is CC1OCCC1NCC(=O)N1CCOCC1. The normalized spacial score (nSPS) is 30.7. The number of rotatable bonds is 3. The van der Waals surface area contributed by atoms with Crippen LogP contribution >= 0.6 is 0 Å². The first-order valence-corrected chi connectivity index (χ1v) is 5.98. The van der Waals surface area contributed by atoms with Crippen LogP contribution in [-0.4, -0.2) is 62.4 Å². The maximum atomic E-state index is 11.8. The zero-order valence-electron chi connectivity index (χ0n) is 9.78. The molecule has 2 aliphatic rings. The molecule has 0 aromatic carbocycles. The summed E-state index contributed by atoms with van der Waals surface area (Å²) >= 11 is 0. The summed E-state index contributed by atoms with van der Waals surface area (Å²) in [5.41, 5.74) is 0. The Morgan fingerprint density at radius 3 is 2.75 bits per heavy atom. The molecular formula is C11H20N2O3. The number of carbonyl (C=O) groups excluding carboxylic acids is 1. The highest BCUT2D eigenvalue weighted by Gasteiger charge is 2.25. The quantitative estimate of drug-likeness (QED) is 0.715. The molecule has 16 heavy (non-hydrogen) atoms. The molecule has 2 unspecified atom stereocenters. The molecule has 5 heteroatoms. The molecule has 1 amide bonds. The minimum Gasteiger partial charge on any atom is -0.378 e. The molecule has 2 rings (SSSR count). The summed E-state index contributed by atoms with van der Waals surface area (Å²) in [6, 6.07) is 0.324. The molecule has 0 aromatic heterocycles. The number of carbonyl (C=O) groups is 1. The van der Waals surface area contributed by atoms with Gasteiger partial charge in [0.25, 0.3) is 0 Å². The fraction of sp³-hybridized carbons (Fsp3) is 0.909. The Hall–Kier alpha value is -0.650. The molecule has 0 spiro atoms. The lowest BCUT2D eigenvalue weighted by molar-refractivity contribution is -0.134. The lowest BCUT2D eigenvalue weighted by atomic mass is 10.1. The van der Waals surface area contributed by atoms with Crippen molar-refractivity contribution in [3.8, 4) is 0 Å². The van der Waals surface area contributed by atoms with E-state index in [1.165, 1.54) is 0 Å². The molecule has 2 fully saturated rings. The van der Waals surface area contributed by atoms with Gasteiger partial charge in [0, 0.05) is 25.7 Å². The molecule has 0 aliphatic carbocycles. The Balaban J connectivity index is 1.70. The van der Waals surface area contributed by atoms with Crippen molar-refractivity contribution in [2.45, 2.75) is 25.5 Å².